The van der Waals surface area contributed by atoms with Gasteiger partial charge in [-0.15, -0.1) is 24.0 Å². The van der Waals surface area contributed by atoms with Crippen molar-refractivity contribution in [3.63, 3.8) is 0 Å². The second-order valence-corrected chi connectivity index (χ2v) is 5.83. The van der Waals surface area contributed by atoms with E-state index in [1.165, 1.54) is 11.1 Å². The molecule has 0 radical (unpaired) electrons. The fourth-order valence-electron chi connectivity index (χ4n) is 2.72. The van der Waals surface area contributed by atoms with Gasteiger partial charge in [0, 0.05) is 32.7 Å². The van der Waals surface area contributed by atoms with Crippen LogP contribution in [0, 0.1) is 6.92 Å². The van der Waals surface area contributed by atoms with E-state index in [4.69, 9.17) is 9.73 Å². The average molecular weight is 460 g/mol. The molecule has 1 aromatic rings. The van der Waals surface area contributed by atoms with Gasteiger partial charge in [0.1, 0.15) is 0 Å². The summed E-state index contributed by atoms with van der Waals surface area (Å²) in [6, 6.07) is 8.41. The molecule has 0 bridgehead atoms. The van der Waals surface area contributed by atoms with Gasteiger partial charge in [-0.2, -0.15) is 0 Å². The highest BCUT2D eigenvalue weighted by atomic mass is 127. The van der Waals surface area contributed by atoms with E-state index in [-0.39, 0.29) is 30.1 Å². The Bertz CT molecular complexity index is 572. The molecule has 6 nitrogen and oxygen atoms in total. The average Bonchev–Trinajstić information content (AvgIpc) is 2.59. The summed E-state index contributed by atoms with van der Waals surface area (Å²) in [5.41, 5.74) is 2.45. The SMILES string of the molecule is CCNC(=NCc1cccc(C)c1)N1CCN(C(=O)OCC)CC1.I. The third-order valence-corrected chi connectivity index (χ3v) is 3.93. The van der Waals surface area contributed by atoms with Crippen molar-refractivity contribution in [2.75, 3.05) is 39.3 Å². The van der Waals surface area contributed by atoms with E-state index in [0.29, 0.717) is 26.2 Å². The molecule has 1 heterocycles. The molecule has 0 aromatic heterocycles. The topological polar surface area (TPSA) is 57.2 Å². The van der Waals surface area contributed by atoms with E-state index in [1.807, 2.05) is 6.92 Å². The summed E-state index contributed by atoms with van der Waals surface area (Å²) in [6.07, 6.45) is -0.223. The number of nitrogens with one attached hydrogen (secondary N) is 1. The molecular weight excluding hydrogens is 431 g/mol. The van der Waals surface area contributed by atoms with Gasteiger partial charge in [0.2, 0.25) is 0 Å². The van der Waals surface area contributed by atoms with Crippen molar-refractivity contribution in [3.05, 3.63) is 35.4 Å². The van der Waals surface area contributed by atoms with E-state index in [2.05, 4.69) is 48.3 Å². The van der Waals surface area contributed by atoms with Crippen LogP contribution in [0.4, 0.5) is 4.79 Å². The predicted octanol–water partition coefficient (Wildman–Crippen LogP) is 2.85. The highest BCUT2D eigenvalue weighted by Gasteiger charge is 2.23. The van der Waals surface area contributed by atoms with Gasteiger partial charge >= 0.3 is 6.09 Å². The lowest BCUT2D eigenvalue weighted by Crippen LogP contribution is -2.53. The van der Waals surface area contributed by atoms with Crippen LogP contribution in [-0.2, 0) is 11.3 Å². The summed E-state index contributed by atoms with van der Waals surface area (Å²) in [7, 11) is 0. The number of nitrogens with zero attached hydrogens (tertiary/aromatic N) is 3. The van der Waals surface area contributed by atoms with Crippen LogP contribution in [0.3, 0.4) is 0 Å². The summed E-state index contributed by atoms with van der Waals surface area (Å²) in [6.45, 7) is 10.7. The van der Waals surface area contributed by atoms with Gasteiger partial charge in [-0.3, -0.25) is 0 Å². The zero-order chi connectivity index (χ0) is 17.4. The minimum Gasteiger partial charge on any atom is -0.450 e. The quantitative estimate of drug-likeness (QED) is 0.427. The Balaban J connectivity index is 0.00000312. The molecule has 1 aromatic carbocycles. The third kappa shape index (κ3) is 6.72. The van der Waals surface area contributed by atoms with Crippen LogP contribution in [0.15, 0.2) is 29.3 Å². The zero-order valence-electron chi connectivity index (χ0n) is 15.3. The summed E-state index contributed by atoms with van der Waals surface area (Å²) < 4.78 is 5.06. The smallest absolute Gasteiger partial charge is 0.409 e. The molecule has 0 aliphatic carbocycles. The normalized spacial score (nSPS) is 14.8. The van der Waals surface area contributed by atoms with Crippen LogP contribution in [0.25, 0.3) is 0 Å². The molecule has 140 valence electrons. The Kier molecular flexibility index (Phi) is 9.62. The monoisotopic (exact) mass is 460 g/mol. The minimum atomic E-state index is -0.223. The largest absolute Gasteiger partial charge is 0.450 e. The lowest BCUT2D eigenvalue weighted by atomic mass is 10.1. The summed E-state index contributed by atoms with van der Waals surface area (Å²) in [5, 5.41) is 3.35. The van der Waals surface area contributed by atoms with Crippen molar-refractivity contribution in [2.24, 2.45) is 4.99 Å². The first-order valence-corrected chi connectivity index (χ1v) is 8.64. The fourth-order valence-corrected chi connectivity index (χ4v) is 2.72. The van der Waals surface area contributed by atoms with Crippen LogP contribution in [0.2, 0.25) is 0 Å². The maximum atomic E-state index is 11.8. The van der Waals surface area contributed by atoms with Gasteiger partial charge in [0.25, 0.3) is 0 Å². The van der Waals surface area contributed by atoms with Gasteiger partial charge < -0.3 is 19.9 Å². The van der Waals surface area contributed by atoms with Crippen molar-refractivity contribution in [3.8, 4) is 0 Å². The second-order valence-electron chi connectivity index (χ2n) is 5.83. The Hall–Kier alpha value is -1.51. The van der Waals surface area contributed by atoms with E-state index in [1.54, 1.807) is 4.90 Å². The molecule has 1 aliphatic rings. The van der Waals surface area contributed by atoms with Crippen LogP contribution in [0.1, 0.15) is 25.0 Å². The summed E-state index contributed by atoms with van der Waals surface area (Å²) >= 11 is 0. The van der Waals surface area contributed by atoms with Crippen molar-refractivity contribution < 1.29 is 9.53 Å². The van der Waals surface area contributed by atoms with E-state index in [0.717, 1.165) is 25.6 Å². The highest BCUT2D eigenvalue weighted by Crippen LogP contribution is 2.08. The molecular formula is C18H29IN4O2. The Morgan fingerprint density at radius 3 is 2.48 bits per heavy atom. The molecule has 25 heavy (non-hydrogen) atoms. The number of aliphatic imine (C=N–C) groups is 1. The first-order chi connectivity index (χ1) is 11.6. The van der Waals surface area contributed by atoms with Crippen LogP contribution in [0.5, 0.6) is 0 Å². The number of hydrogen-bond donors (Lipinski definition) is 1. The standard InChI is InChI=1S/C18H28N4O2.HI/c1-4-19-17(20-14-16-8-6-7-15(3)13-16)21-9-11-22(12-10-21)18(23)24-5-2;/h6-8,13H,4-5,9-12,14H2,1-3H3,(H,19,20);1H. The first kappa shape index (κ1) is 21.5. The maximum absolute atomic E-state index is 11.8. The molecule has 7 heteroatoms. The Morgan fingerprint density at radius 2 is 1.88 bits per heavy atom. The molecule has 1 aliphatic heterocycles. The number of amides is 1. The molecule has 2 rings (SSSR count). The van der Waals surface area contributed by atoms with Gasteiger partial charge in [-0.05, 0) is 26.3 Å². The predicted molar refractivity (Wildman–Crippen MR) is 112 cm³/mol. The Labute approximate surface area is 167 Å². The van der Waals surface area contributed by atoms with E-state index < -0.39 is 0 Å². The third-order valence-electron chi connectivity index (χ3n) is 3.93. The number of benzene rings is 1. The number of aryl methyl sites for hydroxylation is 1. The van der Waals surface area contributed by atoms with Crippen LogP contribution < -0.4 is 5.32 Å². The minimum absolute atomic E-state index is 0. The van der Waals surface area contributed by atoms with Crippen LogP contribution in [-0.4, -0.2) is 61.2 Å². The highest BCUT2D eigenvalue weighted by molar-refractivity contribution is 14.0. The maximum Gasteiger partial charge on any atom is 0.409 e. The summed E-state index contributed by atoms with van der Waals surface area (Å²) in [5.74, 6) is 0.905. The number of ether oxygens (including phenoxy) is 1. The lowest BCUT2D eigenvalue weighted by molar-refractivity contribution is 0.0914. The summed E-state index contributed by atoms with van der Waals surface area (Å²) in [4.78, 5) is 20.5. The van der Waals surface area contributed by atoms with Crippen molar-refractivity contribution in [1.29, 1.82) is 0 Å². The van der Waals surface area contributed by atoms with Crippen molar-refractivity contribution >= 4 is 36.0 Å². The number of guanidine groups is 1. The molecule has 1 N–H and O–H groups in total. The van der Waals surface area contributed by atoms with Gasteiger partial charge in [0.15, 0.2) is 5.96 Å². The van der Waals surface area contributed by atoms with Crippen molar-refractivity contribution in [2.45, 2.75) is 27.3 Å². The number of rotatable bonds is 4. The van der Waals surface area contributed by atoms with Gasteiger partial charge in [-0.25, -0.2) is 9.79 Å². The van der Waals surface area contributed by atoms with Crippen LogP contribution >= 0.6 is 24.0 Å². The molecule has 1 saturated heterocycles. The molecule has 0 saturated carbocycles. The van der Waals surface area contributed by atoms with E-state index >= 15 is 0 Å². The second kappa shape index (κ2) is 11.2. The molecule has 0 spiro atoms. The van der Waals surface area contributed by atoms with Crippen molar-refractivity contribution in [1.82, 2.24) is 15.1 Å². The number of carbonyl (C=O) groups is 1. The lowest BCUT2D eigenvalue weighted by Gasteiger charge is -2.35. The number of carbonyl (C=O) groups excluding carboxylic acids is 1. The molecule has 0 atom stereocenters. The Morgan fingerprint density at radius 1 is 1.20 bits per heavy atom. The van der Waals surface area contributed by atoms with Gasteiger partial charge in [-0.1, -0.05) is 29.8 Å². The number of hydrogen-bond acceptors (Lipinski definition) is 3. The number of halogens is 1. The fraction of sp³-hybridized carbons (Fsp3) is 0.556. The van der Waals surface area contributed by atoms with E-state index in [9.17, 15) is 4.79 Å². The number of piperazine rings is 1. The zero-order valence-corrected chi connectivity index (χ0v) is 17.7. The first-order valence-electron chi connectivity index (χ1n) is 8.64. The molecule has 1 amide bonds. The molecule has 0 unspecified atom stereocenters. The van der Waals surface area contributed by atoms with Gasteiger partial charge in [0.05, 0.1) is 13.2 Å². The molecule has 1 fully saturated rings.